The number of nitrogens with zero attached hydrogens (tertiary/aromatic N) is 1. The Hall–Kier alpha value is -0.440. The average Bonchev–Trinajstić information content (AvgIpc) is 2.84. The van der Waals surface area contributed by atoms with Crippen molar-refractivity contribution in [1.29, 1.82) is 0 Å². The Bertz CT molecular complexity index is 596. The van der Waals surface area contributed by atoms with Gasteiger partial charge in [-0.15, -0.1) is 11.3 Å². The number of halogens is 1. The number of aliphatic carboxylic acids is 1. The van der Waals surface area contributed by atoms with E-state index in [-0.39, 0.29) is 11.3 Å². The normalized spacial score (nSPS) is 20.8. The maximum absolute atomic E-state index is 12.6. The SMILES string of the molecule is Cc1sc(Br)cc1S(=O)(=O)N1CCCC1CC(=O)O. The van der Waals surface area contributed by atoms with Gasteiger partial charge >= 0.3 is 5.97 Å². The van der Waals surface area contributed by atoms with E-state index in [9.17, 15) is 13.2 Å². The summed E-state index contributed by atoms with van der Waals surface area (Å²) in [5.74, 6) is -0.963. The van der Waals surface area contributed by atoms with Crippen LogP contribution in [-0.2, 0) is 14.8 Å². The average molecular weight is 368 g/mol. The van der Waals surface area contributed by atoms with E-state index in [1.54, 1.807) is 13.0 Å². The summed E-state index contributed by atoms with van der Waals surface area (Å²) in [7, 11) is -3.59. The molecule has 0 aromatic carbocycles. The first-order valence-electron chi connectivity index (χ1n) is 5.82. The first-order chi connectivity index (χ1) is 8.82. The summed E-state index contributed by atoms with van der Waals surface area (Å²) < 4.78 is 27.3. The van der Waals surface area contributed by atoms with Crippen molar-refractivity contribution in [3.8, 4) is 0 Å². The summed E-state index contributed by atoms with van der Waals surface area (Å²) in [5.41, 5.74) is 0. The van der Waals surface area contributed by atoms with Crippen LogP contribution in [-0.4, -0.2) is 36.4 Å². The fourth-order valence-corrected chi connectivity index (χ4v) is 6.42. The van der Waals surface area contributed by atoms with Gasteiger partial charge in [0.2, 0.25) is 10.0 Å². The lowest BCUT2D eigenvalue weighted by Crippen LogP contribution is -2.36. The topological polar surface area (TPSA) is 74.7 Å². The first kappa shape index (κ1) is 15.0. The summed E-state index contributed by atoms with van der Waals surface area (Å²) in [5, 5.41) is 8.86. The first-order valence-corrected chi connectivity index (χ1v) is 8.87. The van der Waals surface area contributed by atoms with Gasteiger partial charge in [-0.1, -0.05) is 0 Å². The molecule has 5 nitrogen and oxygen atoms in total. The Kier molecular flexibility index (Phi) is 4.34. The van der Waals surface area contributed by atoms with Gasteiger partial charge < -0.3 is 5.11 Å². The van der Waals surface area contributed by atoms with E-state index in [0.29, 0.717) is 24.3 Å². The van der Waals surface area contributed by atoms with Gasteiger partial charge in [-0.2, -0.15) is 4.31 Å². The summed E-state index contributed by atoms with van der Waals surface area (Å²) in [6.45, 7) is 2.15. The zero-order valence-corrected chi connectivity index (χ0v) is 13.5. The zero-order valence-electron chi connectivity index (χ0n) is 10.3. The van der Waals surface area contributed by atoms with E-state index >= 15 is 0 Å². The summed E-state index contributed by atoms with van der Waals surface area (Å²) in [6, 6.07) is 1.16. The number of rotatable bonds is 4. The van der Waals surface area contributed by atoms with Gasteiger partial charge in [0.1, 0.15) is 0 Å². The van der Waals surface area contributed by atoms with Crippen LogP contribution in [0.4, 0.5) is 0 Å². The predicted octanol–water partition coefficient (Wildman–Crippen LogP) is 2.45. The van der Waals surface area contributed by atoms with Crippen LogP contribution in [0.2, 0.25) is 0 Å². The van der Waals surface area contributed by atoms with Gasteiger partial charge in [-0.25, -0.2) is 8.42 Å². The molecule has 0 aliphatic carbocycles. The molecule has 1 aromatic rings. The Morgan fingerprint density at radius 1 is 1.63 bits per heavy atom. The lowest BCUT2D eigenvalue weighted by atomic mass is 10.2. The second-order valence-electron chi connectivity index (χ2n) is 4.48. The number of carbonyl (C=O) groups is 1. The van der Waals surface area contributed by atoms with Crippen molar-refractivity contribution in [3.05, 3.63) is 14.7 Å². The highest BCUT2D eigenvalue weighted by atomic mass is 79.9. The summed E-state index contributed by atoms with van der Waals surface area (Å²) in [6.07, 6.45) is 1.18. The maximum atomic E-state index is 12.6. The van der Waals surface area contributed by atoms with E-state index in [1.807, 2.05) is 0 Å². The highest BCUT2D eigenvalue weighted by Crippen LogP contribution is 2.34. The molecule has 1 N–H and O–H groups in total. The molecule has 1 aromatic heterocycles. The van der Waals surface area contributed by atoms with Gasteiger partial charge in [0.15, 0.2) is 0 Å². The van der Waals surface area contributed by atoms with Crippen molar-refractivity contribution in [1.82, 2.24) is 4.31 Å². The Balaban J connectivity index is 2.33. The molecule has 19 heavy (non-hydrogen) atoms. The van der Waals surface area contributed by atoms with Crippen molar-refractivity contribution in [2.45, 2.75) is 37.1 Å². The van der Waals surface area contributed by atoms with Crippen LogP contribution < -0.4 is 0 Å². The van der Waals surface area contributed by atoms with Gasteiger partial charge in [0.05, 0.1) is 15.1 Å². The third-order valence-electron chi connectivity index (χ3n) is 3.16. The molecule has 0 radical (unpaired) electrons. The van der Waals surface area contributed by atoms with Crippen LogP contribution >= 0.6 is 27.3 Å². The Labute approximate surface area is 124 Å². The molecular weight excluding hydrogens is 354 g/mol. The number of thiophene rings is 1. The highest BCUT2D eigenvalue weighted by molar-refractivity contribution is 9.11. The second-order valence-corrected chi connectivity index (χ2v) is 8.98. The van der Waals surface area contributed by atoms with Crippen LogP contribution in [0.1, 0.15) is 24.1 Å². The van der Waals surface area contributed by atoms with E-state index in [2.05, 4.69) is 15.9 Å². The Morgan fingerprint density at radius 2 is 2.32 bits per heavy atom. The number of aryl methyl sites for hydroxylation is 1. The standard InChI is InChI=1S/C11H14BrNO4S2/c1-7-9(6-10(12)18-7)19(16,17)13-4-2-3-8(13)5-11(14)15/h6,8H,2-5H2,1H3,(H,14,15). The molecule has 1 unspecified atom stereocenters. The fraction of sp³-hybridized carbons (Fsp3) is 0.545. The minimum absolute atomic E-state index is 0.135. The molecule has 2 heterocycles. The lowest BCUT2D eigenvalue weighted by Gasteiger charge is -2.22. The molecule has 1 fully saturated rings. The van der Waals surface area contributed by atoms with E-state index in [4.69, 9.17) is 5.11 Å². The smallest absolute Gasteiger partial charge is 0.304 e. The molecular formula is C11H14BrNO4S2. The lowest BCUT2D eigenvalue weighted by molar-refractivity contribution is -0.137. The van der Waals surface area contributed by atoms with Crippen LogP contribution in [0.3, 0.4) is 0 Å². The van der Waals surface area contributed by atoms with Crippen molar-refractivity contribution >= 4 is 43.3 Å². The minimum Gasteiger partial charge on any atom is -0.481 e. The third-order valence-corrected chi connectivity index (χ3v) is 6.92. The van der Waals surface area contributed by atoms with Gasteiger partial charge in [0, 0.05) is 17.5 Å². The van der Waals surface area contributed by atoms with Crippen LogP contribution in [0.5, 0.6) is 0 Å². The molecule has 1 saturated heterocycles. The van der Waals surface area contributed by atoms with Crippen molar-refractivity contribution in [3.63, 3.8) is 0 Å². The van der Waals surface area contributed by atoms with Crippen molar-refractivity contribution in [2.24, 2.45) is 0 Å². The van der Waals surface area contributed by atoms with E-state index in [0.717, 1.165) is 3.79 Å². The van der Waals surface area contributed by atoms with E-state index in [1.165, 1.54) is 15.6 Å². The summed E-state index contributed by atoms with van der Waals surface area (Å²) >= 11 is 4.65. The molecule has 1 atom stereocenters. The second kappa shape index (κ2) is 5.51. The predicted molar refractivity (Wildman–Crippen MR) is 75.9 cm³/mol. The van der Waals surface area contributed by atoms with Crippen LogP contribution in [0, 0.1) is 6.92 Å². The van der Waals surface area contributed by atoms with Crippen molar-refractivity contribution in [2.75, 3.05) is 6.54 Å². The largest absolute Gasteiger partial charge is 0.481 e. The number of hydrogen-bond acceptors (Lipinski definition) is 4. The molecule has 2 rings (SSSR count). The van der Waals surface area contributed by atoms with Crippen LogP contribution in [0.25, 0.3) is 0 Å². The molecule has 0 spiro atoms. The van der Waals surface area contributed by atoms with Gasteiger partial charge in [-0.3, -0.25) is 4.79 Å². The highest BCUT2D eigenvalue weighted by Gasteiger charge is 2.37. The number of hydrogen-bond donors (Lipinski definition) is 1. The molecule has 0 bridgehead atoms. The summed E-state index contributed by atoms with van der Waals surface area (Å²) in [4.78, 5) is 11.8. The molecule has 8 heteroatoms. The van der Waals surface area contributed by atoms with E-state index < -0.39 is 22.0 Å². The zero-order chi connectivity index (χ0) is 14.2. The third kappa shape index (κ3) is 3.01. The monoisotopic (exact) mass is 367 g/mol. The van der Waals surface area contributed by atoms with Crippen molar-refractivity contribution < 1.29 is 18.3 Å². The molecule has 0 amide bonds. The number of carboxylic acids is 1. The molecule has 1 aliphatic rings. The fourth-order valence-electron chi connectivity index (χ4n) is 2.34. The number of carboxylic acid groups (broad SMARTS) is 1. The Morgan fingerprint density at radius 3 is 2.84 bits per heavy atom. The molecule has 0 saturated carbocycles. The van der Waals surface area contributed by atoms with Crippen LogP contribution in [0.15, 0.2) is 14.7 Å². The molecule has 106 valence electrons. The minimum atomic E-state index is -3.59. The number of sulfonamides is 1. The van der Waals surface area contributed by atoms with Gasteiger partial charge in [-0.05, 0) is 41.8 Å². The van der Waals surface area contributed by atoms with Gasteiger partial charge in [0.25, 0.3) is 0 Å². The molecule has 1 aliphatic heterocycles. The quantitative estimate of drug-likeness (QED) is 0.886. The maximum Gasteiger partial charge on any atom is 0.304 e.